The molecule has 1 rings (SSSR count). The standard InChI is InChI=1S/C10H11FINO/c1-7-2-3-8(11)6-9(7)10(14)13-5-4-12/h2-3,6H,4-5H2,1H3,(H,13,14). The molecule has 0 aliphatic carbocycles. The maximum Gasteiger partial charge on any atom is 0.251 e. The minimum absolute atomic E-state index is 0.210. The van der Waals surface area contributed by atoms with Crippen LogP contribution in [0.5, 0.6) is 0 Å². The molecular formula is C10H11FINO. The molecule has 1 N–H and O–H groups in total. The molecule has 0 fully saturated rings. The summed E-state index contributed by atoms with van der Waals surface area (Å²) in [4.78, 5) is 11.5. The van der Waals surface area contributed by atoms with Gasteiger partial charge in [-0.25, -0.2) is 4.39 Å². The third kappa shape index (κ3) is 2.94. The molecule has 0 saturated heterocycles. The van der Waals surface area contributed by atoms with Gasteiger partial charge in [-0.3, -0.25) is 4.79 Å². The zero-order chi connectivity index (χ0) is 10.6. The predicted molar refractivity (Wildman–Crippen MR) is 62.4 cm³/mol. The monoisotopic (exact) mass is 307 g/mol. The number of carbonyl (C=O) groups is 1. The molecule has 14 heavy (non-hydrogen) atoms. The van der Waals surface area contributed by atoms with Crippen molar-refractivity contribution in [1.29, 1.82) is 0 Å². The Bertz CT molecular complexity index is 341. The van der Waals surface area contributed by atoms with E-state index in [0.29, 0.717) is 12.1 Å². The molecule has 0 aromatic heterocycles. The largest absolute Gasteiger partial charge is 0.351 e. The van der Waals surface area contributed by atoms with Crippen LogP contribution < -0.4 is 5.32 Å². The molecule has 0 spiro atoms. The maximum absolute atomic E-state index is 12.8. The van der Waals surface area contributed by atoms with Crippen molar-refractivity contribution in [3.05, 3.63) is 35.1 Å². The number of alkyl halides is 1. The van der Waals surface area contributed by atoms with Gasteiger partial charge >= 0.3 is 0 Å². The second-order valence-electron chi connectivity index (χ2n) is 2.90. The highest BCUT2D eigenvalue weighted by molar-refractivity contribution is 14.1. The molecule has 0 aliphatic heterocycles. The van der Waals surface area contributed by atoms with Gasteiger partial charge in [-0.05, 0) is 24.6 Å². The Labute approximate surface area is 96.0 Å². The number of nitrogens with one attached hydrogen (secondary N) is 1. The summed E-state index contributed by atoms with van der Waals surface area (Å²) in [5, 5.41) is 2.70. The number of carbonyl (C=O) groups excluding carboxylic acids is 1. The Morgan fingerprint density at radius 1 is 1.57 bits per heavy atom. The average molecular weight is 307 g/mol. The summed E-state index contributed by atoms with van der Waals surface area (Å²) in [5.74, 6) is -0.589. The smallest absolute Gasteiger partial charge is 0.251 e. The molecule has 1 aromatic carbocycles. The molecule has 76 valence electrons. The van der Waals surface area contributed by atoms with Crippen molar-refractivity contribution >= 4 is 28.5 Å². The van der Waals surface area contributed by atoms with Crippen LogP contribution in [0.25, 0.3) is 0 Å². The first-order valence-electron chi connectivity index (χ1n) is 4.25. The van der Waals surface area contributed by atoms with Gasteiger partial charge in [0.2, 0.25) is 0 Å². The Balaban J connectivity index is 2.83. The van der Waals surface area contributed by atoms with Crippen molar-refractivity contribution in [1.82, 2.24) is 5.32 Å². The zero-order valence-electron chi connectivity index (χ0n) is 7.81. The maximum atomic E-state index is 12.8. The topological polar surface area (TPSA) is 29.1 Å². The van der Waals surface area contributed by atoms with E-state index in [1.165, 1.54) is 12.1 Å². The second-order valence-corrected chi connectivity index (χ2v) is 3.98. The summed E-state index contributed by atoms with van der Waals surface area (Å²) in [7, 11) is 0. The molecule has 0 bridgehead atoms. The highest BCUT2D eigenvalue weighted by atomic mass is 127. The molecular weight excluding hydrogens is 296 g/mol. The molecule has 0 atom stereocenters. The molecule has 4 heteroatoms. The molecule has 2 nitrogen and oxygen atoms in total. The first-order valence-corrected chi connectivity index (χ1v) is 5.78. The number of rotatable bonds is 3. The van der Waals surface area contributed by atoms with E-state index in [9.17, 15) is 9.18 Å². The number of amides is 1. The quantitative estimate of drug-likeness (QED) is 0.674. The van der Waals surface area contributed by atoms with Gasteiger partial charge in [0.15, 0.2) is 0 Å². The fourth-order valence-corrected chi connectivity index (χ4v) is 1.36. The Morgan fingerprint density at radius 3 is 2.93 bits per heavy atom. The van der Waals surface area contributed by atoms with E-state index in [0.717, 1.165) is 9.99 Å². The molecule has 0 aliphatic rings. The van der Waals surface area contributed by atoms with Crippen molar-refractivity contribution in [2.75, 3.05) is 11.0 Å². The van der Waals surface area contributed by atoms with E-state index in [1.54, 1.807) is 13.0 Å². The van der Waals surface area contributed by atoms with Crippen molar-refractivity contribution < 1.29 is 9.18 Å². The van der Waals surface area contributed by atoms with Crippen LogP contribution >= 0.6 is 22.6 Å². The first-order chi connectivity index (χ1) is 6.65. The number of aryl methyl sites for hydroxylation is 1. The van der Waals surface area contributed by atoms with Crippen LogP contribution in [0.15, 0.2) is 18.2 Å². The minimum atomic E-state index is -0.379. The lowest BCUT2D eigenvalue weighted by Crippen LogP contribution is -2.25. The fraction of sp³-hybridized carbons (Fsp3) is 0.300. The Kier molecular flexibility index (Phi) is 4.31. The van der Waals surface area contributed by atoms with Crippen molar-refractivity contribution in [2.45, 2.75) is 6.92 Å². The SMILES string of the molecule is Cc1ccc(F)cc1C(=O)NCCI. The van der Waals surface area contributed by atoms with Crippen LogP contribution in [-0.2, 0) is 0 Å². The van der Waals surface area contributed by atoms with Crippen LogP contribution in [-0.4, -0.2) is 16.9 Å². The number of benzene rings is 1. The van der Waals surface area contributed by atoms with Gasteiger partial charge in [0.05, 0.1) is 0 Å². The van der Waals surface area contributed by atoms with Gasteiger partial charge in [0.1, 0.15) is 5.82 Å². The summed E-state index contributed by atoms with van der Waals surface area (Å²) < 4.78 is 13.7. The van der Waals surface area contributed by atoms with E-state index < -0.39 is 0 Å². The minimum Gasteiger partial charge on any atom is -0.351 e. The normalized spacial score (nSPS) is 9.93. The number of hydrogen-bond acceptors (Lipinski definition) is 1. The lowest BCUT2D eigenvalue weighted by molar-refractivity contribution is 0.0955. The van der Waals surface area contributed by atoms with Crippen molar-refractivity contribution in [3.63, 3.8) is 0 Å². The summed E-state index contributed by atoms with van der Waals surface area (Å²) in [6.07, 6.45) is 0. The Morgan fingerprint density at radius 2 is 2.29 bits per heavy atom. The highest BCUT2D eigenvalue weighted by Gasteiger charge is 2.08. The summed E-state index contributed by atoms with van der Waals surface area (Å²) in [5.41, 5.74) is 1.20. The lowest BCUT2D eigenvalue weighted by Gasteiger charge is -2.05. The van der Waals surface area contributed by atoms with Crippen LogP contribution in [0.4, 0.5) is 4.39 Å². The van der Waals surface area contributed by atoms with Gasteiger partial charge in [-0.15, -0.1) is 0 Å². The van der Waals surface area contributed by atoms with Gasteiger partial charge in [0, 0.05) is 16.5 Å². The van der Waals surface area contributed by atoms with Crippen LogP contribution in [0.2, 0.25) is 0 Å². The zero-order valence-corrected chi connectivity index (χ0v) is 9.97. The molecule has 0 unspecified atom stereocenters. The number of hydrogen-bond donors (Lipinski definition) is 1. The van der Waals surface area contributed by atoms with Gasteiger partial charge < -0.3 is 5.32 Å². The molecule has 0 radical (unpaired) electrons. The van der Waals surface area contributed by atoms with Crippen LogP contribution in [0.1, 0.15) is 15.9 Å². The lowest BCUT2D eigenvalue weighted by atomic mass is 10.1. The van der Waals surface area contributed by atoms with Gasteiger partial charge in [0.25, 0.3) is 5.91 Å². The molecule has 1 amide bonds. The Hall–Kier alpha value is -0.650. The van der Waals surface area contributed by atoms with E-state index >= 15 is 0 Å². The third-order valence-corrected chi connectivity index (χ3v) is 2.36. The van der Waals surface area contributed by atoms with E-state index in [-0.39, 0.29) is 11.7 Å². The van der Waals surface area contributed by atoms with E-state index in [4.69, 9.17) is 0 Å². The molecule has 1 aromatic rings. The van der Waals surface area contributed by atoms with Gasteiger partial charge in [-0.1, -0.05) is 28.7 Å². The first kappa shape index (κ1) is 11.4. The van der Waals surface area contributed by atoms with E-state index in [1.807, 2.05) is 0 Å². The van der Waals surface area contributed by atoms with E-state index in [2.05, 4.69) is 27.9 Å². The molecule has 0 heterocycles. The van der Waals surface area contributed by atoms with Crippen molar-refractivity contribution in [2.24, 2.45) is 0 Å². The number of halogens is 2. The summed E-state index contributed by atoms with van der Waals surface area (Å²) in [6.45, 7) is 2.40. The summed E-state index contributed by atoms with van der Waals surface area (Å²) in [6, 6.07) is 4.22. The highest BCUT2D eigenvalue weighted by Crippen LogP contribution is 2.09. The second kappa shape index (κ2) is 5.29. The molecule has 0 saturated carbocycles. The average Bonchev–Trinajstić information content (AvgIpc) is 2.18. The van der Waals surface area contributed by atoms with Gasteiger partial charge in [-0.2, -0.15) is 0 Å². The fourth-order valence-electron chi connectivity index (χ4n) is 1.09. The van der Waals surface area contributed by atoms with Crippen molar-refractivity contribution in [3.8, 4) is 0 Å². The van der Waals surface area contributed by atoms with Crippen LogP contribution in [0, 0.1) is 12.7 Å². The third-order valence-electron chi connectivity index (χ3n) is 1.82. The summed E-state index contributed by atoms with van der Waals surface area (Å²) >= 11 is 2.17. The predicted octanol–water partition coefficient (Wildman–Crippen LogP) is 2.30. The van der Waals surface area contributed by atoms with Crippen LogP contribution in [0.3, 0.4) is 0 Å².